The summed E-state index contributed by atoms with van der Waals surface area (Å²) in [5.41, 5.74) is 7.10. The molecule has 0 amide bonds. The van der Waals surface area contributed by atoms with Gasteiger partial charge in [0.15, 0.2) is 0 Å². The average Bonchev–Trinajstić information content (AvgIpc) is 1.68. The SMILES string of the molecule is C/C(=C/NI)N=N. The first-order chi connectivity index (χ1) is 3.31. The third kappa shape index (κ3) is 3.71. The van der Waals surface area contributed by atoms with Gasteiger partial charge in [0.05, 0.1) is 28.6 Å². The van der Waals surface area contributed by atoms with Crippen LogP contribution in [0.3, 0.4) is 0 Å². The van der Waals surface area contributed by atoms with E-state index in [0.717, 1.165) is 0 Å². The highest BCUT2D eigenvalue weighted by Crippen LogP contribution is 1.89. The molecule has 2 N–H and O–H groups in total. The summed E-state index contributed by atoms with van der Waals surface area (Å²) in [7, 11) is 0. The van der Waals surface area contributed by atoms with Crippen LogP contribution in [0.4, 0.5) is 0 Å². The molecular weight excluding hydrogens is 205 g/mol. The van der Waals surface area contributed by atoms with Crippen LogP contribution in [0.2, 0.25) is 0 Å². The zero-order valence-electron chi connectivity index (χ0n) is 3.90. The Balaban J connectivity index is 3.49. The molecule has 0 aromatic carbocycles. The quantitative estimate of drug-likeness (QED) is 0.408. The number of halogens is 1. The van der Waals surface area contributed by atoms with Crippen molar-refractivity contribution >= 4 is 22.9 Å². The maximum absolute atomic E-state index is 6.43. The normalized spacial score (nSPS) is 10.9. The van der Waals surface area contributed by atoms with Gasteiger partial charge in [-0.2, -0.15) is 5.11 Å². The maximum atomic E-state index is 6.43. The van der Waals surface area contributed by atoms with E-state index in [4.69, 9.17) is 5.53 Å². The van der Waals surface area contributed by atoms with Crippen molar-refractivity contribution in [1.82, 2.24) is 3.53 Å². The molecule has 0 aromatic rings. The Morgan fingerprint density at radius 1 is 2.00 bits per heavy atom. The lowest BCUT2D eigenvalue weighted by atomic mass is 10.6. The minimum atomic E-state index is 0.675. The molecule has 0 aliphatic rings. The van der Waals surface area contributed by atoms with E-state index in [0.29, 0.717) is 5.70 Å². The molecule has 0 aliphatic heterocycles. The Bertz CT molecular complexity index is 88.2. The van der Waals surface area contributed by atoms with Gasteiger partial charge in [0.25, 0.3) is 0 Å². The zero-order valence-corrected chi connectivity index (χ0v) is 6.06. The van der Waals surface area contributed by atoms with Gasteiger partial charge in [-0.1, -0.05) is 0 Å². The summed E-state index contributed by atoms with van der Waals surface area (Å²) in [6.07, 6.45) is 1.65. The Morgan fingerprint density at radius 2 is 2.57 bits per heavy atom. The molecule has 0 heterocycles. The first-order valence-corrected chi connectivity index (χ1v) is 2.79. The Morgan fingerprint density at radius 3 is 2.71 bits per heavy atom. The topological polar surface area (TPSA) is 48.2 Å². The molecule has 0 atom stereocenters. The van der Waals surface area contributed by atoms with Crippen molar-refractivity contribution in [1.29, 1.82) is 5.53 Å². The van der Waals surface area contributed by atoms with Gasteiger partial charge in [-0.3, -0.25) is 0 Å². The van der Waals surface area contributed by atoms with E-state index in [1.165, 1.54) is 0 Å². The zero-order chi connectivity index (χ0) is 5.70. The molecule has 4 heteroatoms. The second-order valence-corrected chi connectivity index (χ2v) is 1.63. The fourth-order valence-electron chi connectivity index (χ4n) is 0.111. The predicted octanol–water partition coefficient (Wildman–Crippen LogP) is 1.82. The van der Waals surface area contributed by atoms with Crippen LogP contribution in [0.15, 0.2) is 17.0 Å². The molecule has 0 rings (SSSR count). The predicted molar refractivity (Wildman–Crippen MR) is 36.1 cm³/mol. The lowest BCUT2D eigenvalue weighted by molar-refractivity contribution is 1.04. The van der Waals surface area contributed by atoms with Gasteiger partial charge >= 0.3 is 0 Å². The number of hydrogen-bond acceptors (Lipinski definition) is 3. The van der Waals surface area contributed by atoms with E-state index < -0.39 is 0 Å². The van der Waals surface area contributed by atoms with Gasteiger partial charge in [0.1, 0.15) is 0 Å². The largest absolute Gasteiger partial charge is 0.333 e. The van der Waals surface area contributed by atoms with E-state index in [9.17, 15) is 0 Å². The van der Waals surface area contributed by atoms with Crippen LogP contribution >= 0.6 is 22.9 Å². The van der Waals surface area contributed by atoms with E-state index in [-0.39, 0.29) is 0 Å². The Hall–Kier alpha value is -0.130. The molecule has 0 aromatic heterocycles. The van der Waals surface area contributed by atoms with Crippen LogP contribution in [0.1, 0.15) is 6.92 Å². The van der Waals surface area contributed by atoms with Crippen LogP contribution in [0.5, 0.6) is 0 Å². The van der Waals surface area contributed by atoms with Crippen molar-refractivity contribution < 1.29 is 0 Å². The van der Waals surface area contributed by atoms with Gasteiger partial charge in [-0.15, -0.1) is 0 Å². The monoisotopic (exact) mass is 211 g/mol. The van der Waals surface area contributed by atoms with Gasteiger partial charge in [-0.05, 0) is 6.92 Å². The average molecular weight is 211 g/mol. The van der Waals surface area contributed by atoms with Crippen molar-refractivity contribution in [2.24, 2.45) is 5.11 Å². The highest BCUT2D eigenvalue weighted by atomic mass is 127. The third-order valence-corrected chi connectivity index (χ3v) is 0.751. The van der Waals surface area contributed by atoms with Crippen molar-refractivity contribution in [3.05, 3.63) is 11.9 Å². The smallest absolute Gasteiger partial charge is 0.0755 e. The standard InChI is InChI=1S/C3H6IN3/c1-3(7-5)2-6-4/h2,5-6H,1H3/b3-2-,7-5?. The Labute approximate surface area is 56.2 Å². The summed E-state index contributed by atoms with van der Waals surface area (Å²) < 4.78 is 2.71. The van der Waals surface area contributed by atoms with Crippen molar-refractivity contribution in [2.45, 2.75) is 6.92 Å². The van der Waals surface area contributed by atoms with Crippen LogP contribution in [-0.4, -0.2) is 0 Å². The number of nitrogens with one attached hydrogen (secondary N) is 2. The molecule has 0 spiro atoms. The fourth-order valence-corrected chi connectivity index (χ4v) is 0.562. The summed E-state index contributed by atoms with van der Waals surface area (Å²) in [6.45, 7) is 1.75. The molecule has 0 bridgehead atoms. The van der Waals surface area contributed by atoms with E-state index >= 15 is 0 Å². The first kappa shape index (κ1) is 6.87. The minimum absolute atomic E-state index is 0.675. The molecule has 0 saturated heterocycles. The maximum Gasteiger partial charge on any atom is 0.0755 e. The molecule has 40 valence electrons. The summed E-state index contributed by atoms with van der Waals surface area (Å²) in [4.78, 5) is 0. The lowest BCUT2D eigenvalue weighted by Gasteiger charge is -1.83. The molecule has 0 fully saturated rings. The Kier molecular flexibility index (Phi) is 3.97. The molecule has 0 aliphatic carbocycles. The second-order valence-electron chi connectivity index (χ2n) is 1.01. The highest BCUT2D eigenvalue weighted by Gasteiger charge is 1.74. The fraction of sp³-hybridized carbons (Fsp3) is 0.333. The summed E-state index contributed by atoms with van der Waals surface area (Å²) in [5, 5.41) is 3.12. The number of nitrogens with zero attached hydrogens (tertiary/aromatic N) is 1. The van der Waals surface area contributed by atoms with Crippen LogP contribution in [-0.2, 0) is 0 Å². The van der Waals surface area contributed by atoms with Crippen LogP contribution in [0.25, 0.3) is 0 Å². The highest BCUT2D eigenvalue weighted by molar-refractivity contribution is 14.1. The summed E-state index contributed by atoms with van der Waals surface area (Å²) >= 11 is 1.96. The summed E-state index contributed by atoms with van der Waals surface area (Å²) in [6, 6.07) is 0. The number of hydrogen-bond donors (Lipinski definition) is 2. The van der Waals surface area contributed by atoms with Crippen LogP contribution < -0.4 is 3.53 Å². The lowest BCUT2D eigenvalue weighted by Crippen LogP contribution is -1.80. The number of rotatable bonds is 2. The van der Waals surface area contributed by atoms with Gasteiger partial charge in [0, 0.05) is 6.20 Å². The van der Waals surface area contributed by atoms with E-state index in [1.807, 2.05) is 22.9 Å². The van der Waals surface area contributed by atoms with Crippen molar-refractivity contribution in [3.63, 3.8) is 0 Å². The van der Waals surface area contributed by atoms with Crippen molar-refractivity contribution in [3.8, 4) is 0 Å². The second kappa shape index (κ2) is 4.04. The molecular formula is C3H6IN3. The van der Waals surface area contributed by atoms with Crippen molar-refractivity contribution in [2.75, 3.05) is 0 Å². The van der Waals surface area contributed by atoms with Gasteiger partial charge in [-0.25, -0.2) is 5.53 Å². The number of allylic oxidation sites excluding steroid dienone is 1. The van der Waals surface area contributed by atoms with Crippen LogP contribution in [0, 0.1) is 5.53 Å². The molecule has 0 unspecified atom stereocenters. The minimum Gasteiger partial charge on any atom is -0.333 e. The molecule has 3 nitrogen and oxygen atoms in total. The third-order valence-electron chi connectivity index (χ3n) is 0.440. The summed E-state index contributed by atoms with van der Waals surface area (Å²) in [5.74, 6) is 0. The first-order valence-electron chi connectivity index (χ1n) is 1.71. The van der Waals surface area contributed by atoms with Gasteiger partial charge < -0.3 is 3.53 Å². The molecule has 0 saturated carbocycles. The molecule has 7 heavy (non-hydrogen) atoms. The van der Waals surface area contributed by atoms with E-state index in [1.54, 1.807) is 13.1 Å². The van der Waals surface area contributed by atoms with Gasteiger partial charge in [0.2, 0.25) is 0 Å². The molecule has 0 radical (unpaired) electrons. The van der Waals surface area contributed by atoms with E-state index in [2.05, 4.69) is 8.64 Å².